The van der Waals surface area contributed by atoms with Crippen molar-refractivity contribution in [3.05, 3.63) is 51.4 Å². The van der Waals surface area contributed by atoms with Crippen molar-refractivity contribution in [2.24, 2.45) is 0 Å². The van der Waals surface area contributed by atoms with Crippen LogP contribution in [0.15, 0.2) is 40.8 Å². The highest BCUT2D eigenvalue weighted by Gasteiger charge is 2.18. The Morgan fingerprint density at radius 2 is 2.17 bits per heavy atom. The molecule has 2 aromatic heterocycles. The highest BCUT2D eigenvalue weighted by molar-refractivity contribution is 7.17. The highest BCUT2D eigenvalue weighted by Crippen LogP contribution is 2.26. The van der Waals surface area contributed by atoms with Gasteiger partial charge in [-0.1, -0.05) is 22.5 Å². The number of nitrogens with one attached hydrogen (secondary N) is 1. The molecule has 1 amide bonds. The lowest BCUT2D eigenvalue weighted by Gasteiger charge is -2.00. The monoisotopic (exact) mass is 346 g/mol. The van der Waals surface area contributed by atoms with Crippen LogP contribution in [-0.4, -0.2) is 28.1 Å². The molecular formula is C14H10N4O5S. The number of nitro groups is 1. The summed E-state index contributed by atoms with van der Waals surface area (Å²) < 4.78 is 10.5. The smallest absolute Gasteiger partial charge is 0.324 e. The van der Waals surface area contributed by atoms with Crippen molar-refractivity contribution < 1.29 is 18.9 Å². The Balaban J connectivity index is 1.75. The molecule has 0 bridgehead atoms. The van der Waals surface area contributed by atoms with Crippen molar-refractivity contribution in [2.75, 3.05) is 12.4 Å². The molecule has 0 spiro atoms. The summed E-state index contributed by atoms with van der Waals surface area (Å²) in [4.78, 5) is 22.3. The average molecular weight is 346 g/mol. The molecule has 0 aliphatic carbocycles. The second kappa shape index (κ2) is 6.46. The standard InChI is InChI=1S/C14H10N4O5S/c1-22-9-4-2-3-8(7-9)13-16-17-14(23-13)15-12(19)10-5-6-11(24-10)18(20)21/h2-7H,1H3,(H,15,17,19). The molecule has 0 fully saturated rings. The molecule has 0 saturated heterocycles. The quantitative estimate of drug-likeness (QED) is 0.557. The first-order chi connectivity index (χ1) is 11.6. The van der Waals surface area contributed by atoms with Crippen LogP contribution in [-0.2, 0) is 0 Å². The van der Waals surface area contributed by atoms with E-state index < -0.39 is 10.8 Å². The van der Waals surface area contributed by atoms with Crippen LogP contribution in [0.3, 0.4) is 0 Å². The van der Waals surface area contributed by atoms with Gasteiger partial charge in [-0.2, -0.15) is 0 Å². The molecule has 10 heteroatoms. The molecule has 122 valence electrons. The van der Waals surface area contributed by atoms with Crippen molar-refractivity contribution in [3.63, 3.8) is 0 Å². The number of rotatable bonds is 5. The third kappa shape index (κ3) is 3.22. The van der Waals surface area contributed by atoms with E-state index in [-0.39, 0.29) is 21.8 Å². The summed E-state index contributed by atoms with van der Waals surface area (Å²) in [7, 11) is 1.54. The van der Waals surface area contributed by atoms with E-state index in [9.17, 15) is 14.9 Å². The maximum atomic E-state index is 12.0. The van der Waals surface area contributed by atoms with Gasteiger partial charge in [0.2, 0.25) is 5.89 Å². The van der Waals surface area contributed by atoms with Crippen LogP contribution >= 0.6 is 11.3 Å². The Morgan fingerprint density at radius 1 is 1.33 bits per heavy atom. The number of anilines is 1. The van der Waals surface area contributed by atoms with Gasteiger partial charge in [0.25, 0.3) is 5.91 Å². The van der Waals surface area contributed by atoms with Gasteiger partial charge in [0.1, 0.15) is 5.75 Å². The van der Waals surface area contributed by atoms with Gasteiger partial charge >= 0.3 is 11.0 Å². The summed E-state index contributed by atoms with van der Waals surface area (Å²) in [5.74, 6) is 0.275. The van der Waals surface area contributed by atoms with Gasteiger partial charge in [-0.25, -0.2) is 0 Å². The molecule has 0 atom stereocenters. The fourth-order valence-corrected chi connectivity index (χ4v) is 2.57. The first-order valence-electron chi connectivity index (χ1n) is 6.60. The third-order valence-electron chi connectivity index (χ3n) is 2.96. The molecule has 0 aliphatic heterocycles. The second-order valence-electron chi connectivity index (χ2n) is 4.49. The number of carbonyl (C=O) groups is 1. The number of nitrogens with zero attached hydrogens (tertiary/aromatic N) is 3. The lowest BCUT2D eigenvalue weighted by atomic mass is 10.2. The SMILES string of the molecule is COc1cccc(-c2nnc(NC(=O)c3ccc([N+](=O)[O-])s3)o2)c1. The second-order valence-corrected chi connectivity index (χ2v) is 5.56. The largest absolute Gasteiger partial charge is 0.497 e. The Bertz CT molecular complexity index is 904. The summed E-state index contributed by atoms with van der Waals surface area (Å²) in [5, 5.41) is 20.5. The number of carbonyl (C=O) groups excluding carboxylic acids is 1. The predicted octanol–water partition coefficient (Wildman–Crippen LogP) is 2.97. The molecule has 3 rings (SSSR count). The van der Waals surface area contributed by atoms with E-state index >= 15 is 0 Å². The molecule has 0 unspecified atom stereocenters. The minimum atomic E-state index is -0.561. The zero-order valence-corrected chi connectivity index (χ0v) is 13.1. The maximum absolute atomic E-state index is 12.0. The van der Waals surface area contributed by atoms with Gasteiger partial charge in [0.05, 0.1) is 16.9 Å². The maximum Gasteiger partial charge on any atom is 0.324 e. The van der Waals surface area contributed by atoms with Gasteiger partial charge in [0, 0.05) is 11.6 Å². The molecule has 9 nitrogen and oxygen atoms in total. The number of aromatic nitrogens is 2. The number of ether oxygens (including phenoxy) is 1. The molecule has 24 heavy (non-hydrogen) atoms. The summed E-state index contributed by atoms with van der Waals surface area (Å²) in [6.07, 6.45) is 0. The lowest BCUT2D eigenvalue weighted by molar-refractivity contribution is -0.380. The molecule has 0 saturated carbocycles. The van der Waals surface area contributed by atoms with E-state index in [1.807, 2.05) is 0 Å². The number of thiophene rings is 1. The van der Waals surface area contributed by atoms with Crippen LogP contribution in [0.4, 0.5) is 11.0 Å². The van der Waals surface area contributed by atoms with Crippen LogP contribution in [0.25, 0.3) is 11.5 Å². The topological polar surface area (TPSA) is 120 Å². The van der Waals surface area contributed by atoms with Crippen molar-refractivity contribution >= 4 is 28.3 Å². The molecule has 1 N–H and O–H groups in total. The molecule has 1 aromatic carbocycles. The van der Waals surface area contributed by atoms with Crippen LogP contribution in [0.1, 0.15) is 9.67 Å². The number of hydrogen-bond acceptors (Lipinski definition) is 8. The van der Waals surface area contributed by atoms with Crippen LogP contribution in [0, 0.1) is 10.1 Å². The summed E-state index contributed by atoms with van der Waals surface area (Å²) >= 11 is 0.759. The zero-order chi connectivity index (χ0) is 17.1. The van der Waals surface area contributed by atoms with Gasteiger partial charge in [-0.15, -0.1) is 5.10 Å². The van der Waals surface area contributed by atoms with E-state index in [0.29, 0.717) is 11.3 Å². The van der Waals surface area contributed by atoms with Gasteiger partial charge < -0.3 is 9.15 Å². The van der Waals surface area contributed by atoms with Crippen molar-refractivity contribution in [2.45, 2.75) is 0 Å². The van der Waals surface area contributed by atoms with Crippen LogP contribution in [0.5, 0.6) is 5.75 Å². The van der Waals surface area contributed by atoms with E-state index in [1.54, 1.807) is 31.4 Å². The van der Waals surface area contributed by atoms with E-state index in [1.165, 1.54) is 12.1 Å². The molecule has 3 aromatic rings. The summed E-state index contributed by atoms with van der Waals surface area (Å²) in [6.45, 7) is 0. The fraction of sp³-hybridized carbons (Fsp3) is 0.0714. The Kier molecular flexibility index (Phi) is 4.20. The summed E-state index contributed by atoms with van der Waals surface area (Å²) in [5.41, 5.74) is 0.633. The molecular weight excluding hydrogens is 336 g/mol. The normalized spacial score (nSPS) is 10.4. The molecule has 2 heterocycles. The van der Waals surface area contributed by atoms with E-state index in [4.69, 9.17) is 9.15 Å². The third-order valence-corrected chi connectivity index (χ3v) is 3.99. The number of methoxy groups -OCH3 is 1. The minimum Gasteiger partial charge on any atom is -0.497 e. The van der Waals surface area contributed by atoms with E-state index in [2.05, 4.69) is 15.5 Å². The van der Waals surface area contributed by atoms with Gasteiger partial charge in [-0.05, 0) is 24.3 Å². The fourth-order valence-electron chi connectivity index (χ4n) is 1.85. The average Bonchev–Trinajstić information content (AvgIpc) is 3.24. The van der Waals surface area contributed by atoms with Gasteiger partial charge in [-0.3, -0.25) is 20.2 Å². The van der Waals surface area contributed by atoms with Crippen molar-refractivity contribution in [3.8, 4) is 17.2 Å². The van der Waals surface area contributed by atoms with Gasteiger partial charge in [0.15, 0.2) is 0 Å². The highest BCUT2D eigenvalue weighted by atomic mass is 32.1. The first kappa shape index (κ1) is 15.6. The minimum absolute atomic E-state index is 0.103. The molecule has 0 aliphatic rings. The van der Waals surface area contributed by atoms with Crippen LogP contribution in [0.2, 0.25) is 0 Å². The summed E-state index contributed by atoms with van der Waals surface area (Å²) in [6, 6.07) is 9.51. The number of amides is 1. The van der Waals surface area contributed by atoms with E-state index in [0.717, 1.165) is 11.3 Å². The number of benzene rings is 1. The zero-order valence-electron chi connectivity index (χ0n) is 12.3. The Labute approximate surface area is 139 Å². The first-order valence-corrected chi connectivity index (χ1v) is 7.42. The Hall–Kier alpha value is -3.27. The van der Waals surface area contributed by atoms with Crippen LogP contribution < -0.4 is 10.1 Å². The molecule has 0 radical (unpaired) electrons. The van der Waals surface area contributed by atoms with Crippen molar-refractivity contribution in [1.29, 1.82) is 0 Å². The van der Waals surface area contributed by atoms with Crippen molar-refractivity contribution in [1.82, 2.24) is 10.2 Å². The lowest BCUT2D eigenvalue weighted by Crippen LogP contribution is -2.10. The Morgan fingerprint density at radius 3 is 2.88 bits per heavy atom. The number of hydrogen-bond donors (Lipinski definition) is 1. The predicted molar refractivity (Wildman–Crippen MR) is 85.2 cm³/mol.